The van der Waals surface area contributed by atoms with Crippen molar-refractivity contribution < 1.29 is 18.7 Å². The molecule has 0 aliphatic carbocycles. The largest absolute Gasteiger partial charge is 0.497 e. The normalized spacial score (nSPS) is 9.92. The number of benzene rings is 2. The van der Waals surface area contributed by atoms with E-state index < -0.39 is 6.03 Å². The Hall–Kier alpha value is -3.09. The molecule has 6 nitrogen and oxygen atoms in total. The Balaban J connectivity index is 1.70. The summed E-state index contributed by atoms with van der Waals surface area (Å²) in [6, 6.07) is 12.1. The van der Waals surface area contributed by atoms with Gasteiger partial charge in [0.1, 0.15) is 11.6 Å². The molecule has 7 heteroatoms. The maximum atomic E-state index is 12.8. The van der Waals surface area contributed by atoms with Crippen LogP contribution in [-0.2, 0) is 11.3 Å². The van der Waals surface area contributed by atoms with Gasteiger partial charge in [-0.15, -0.1) is 0 Å². The second-order valence-electron chi connectivity index (χ2n) is 4.94. The first-order valence-corrected chi connectivity index (χ1v) is 7.27. The molecule has 24 heavy (non-hydrogen) atoms. The number of halogens is 1. The lowest BCUT2D eigenvalue weighted by Crippen LogP contribution is -2.39. The molecular formula is C17H18FN3O3. The summed E-state index contributed by atoms with van der Waals surface area (Å²) in [5, 5.41) is 7.68. The van der Waals surface area contributed by atoms with Crippen molar-refractivity contribution in [3.05, 3.63) is 59.9 Å². The first kappa shape index (κ1) is 17.3. The molecule has 126 valence electrons. The Morgan fingerprint density at radius 3 is 2.29 bits per heavy atom. The summed E-state index contributed by atoms with van der Waals surface area (Å²) in [4.78, 5) is 23.4. The van der Waals surface area contributed by atoms with E-state index in [1.807, 2.05) is 0 Å². The van der Waals surface area contributed by atoms with E-state index in [4.69, 9.17) is 4.74 Å². The van der Waals surface area contributed by atoms with Gasteiger partial charge in [-0.1, -0.05) is 12.1 Å². The number of nitrogens with one attached hydrogen (secondary N) is 3. The highest BCUT2D eigenvalue weighted by Crippen LogP contribution is 2.14. The third-order valence-electron chi connectivity index (χ3n) is 3.15. The molecule has 0 aliphatic rings. The summed E-state index contributed by atoms with van der Waals surface area (Å²) in [5.74, 6) is 0.00167. The second kappa shape index (κ2) is 8.52. The quantitative estimate of drug-likeness (QED) is 0.760. The maximum Gasteiger partial charge on any atom is 0.315 e. The van der Waals surface area contributed by atoms with Gasteiger partial charge in [-0.2, -0.15) is 0 Å². The smallest absolute Gasteiger partial charge is 0.315 e. The molecule has 0 heterocycles. The van der Waals surface area contributed by atoms with Crippen LogP contribution in [0.25, 0.3) is 0 Å². The fraction of sp³-hybridized carbons (Fsp3) is 0.176. The molecule has 0 saturated heterocycles. The average Bonchev–Trinajstić information content (AvgIpc) is 2.60. The van der Waals surface area contributed by atoms with Crippen LogP contribution in [0.15, 0.2) is 48.5 Å². The van der Waals surface area contributed by atoms with E-state index in [1.54, 1.807) is 43.5 Å². The van der Waals surface area contributed by atoms with Crippen LogP contribution in [0, 0.1) is 5.82 Å². The van der Waals surface area contributed by atoms with E-state index in [0.717, 1.165) is 5.56 Å². The van der Waals surface area contributed by atoms with Crippen molar-refractivity contribution in [2.45, 2.75) is 6.54 Å². The van der Waals surface area contributed by atoms with Gasteiger partial charge in [0.25, 0.3) is 0 Å². The zero-order valence-corrected chi connectivity index (χ0v) is 13.1. The fourth-order valence-corrected chi connectivity index (χ4v) is 1.89. The SMILES string of the molecule is COc1ccc(NC(=O)CNC(=O)NCc2ccc(F)cc2)cc1. The number of methoxy groups -OCH3 is 1. The standard InChI is InChI=1S/C17H18FN3O3/c1-24-15-8-6-14(7-9-15)21-16(22)11-20-17(23)19-10-12-2-4-13(18)5-3-12/h2-9H,10-11H2,1H3,(H,21,22)(H2,19,20,23). The lowest BCUT2D eigenvalue weighted by Gasteiger charge is -2.09. The molecule has 0 atom stereocenters. The minimum Gasteiger partial charge on any atom is -0.497 e. The number of urea groups is 1. The topological polar surface area (TPSA) is 79.5 Å². The lowest BCUT2D eigenvalue weighted by atomic mass is 10.2. The molecule has 0 aliphatic heterocycles. The maximum absolute atomic E-state index is 12.8. The van der Waals surface area contributed by atoms with Gasteiger partial charge in [0.05, 0.1) is 13.7 Å². The lowest BCUT2D eigenvalue weighted by molar-refractivity contribution is -0.115. The van der Waals surface area contributed by atoms with E-state index in [9.17, 15) is 14.0 Å². The van der Waals surface area contributed by atoms with Gasteiger partial charge in [-0.05, 0) is 42.0 Å². The zero-order chi connectivity index (χ0) is 17.4. The van der Waals surface area contributed by atoms with Gasteiger partial charge in [0, 0.05) is 12.2 Å². The van der Waals surface area contributed by atoms with Gasteiger partial charge in [0.2, 0.25) is 5.91 Å². The number of carbonyl (C=O) groups excluding carboxylic acids is 2. The van der Waals surface area contributed by atoms with Crippen molar-refractivity contribution in [1.29, 1.82) is 0 Å². The Morgan fingerprint density at radius 2 is 1.67 bits per heavy atom. The highest BCUT2D eigenvalue weighted by atomic mass is 19.1. The third-order valence-corrected chi connectivity index (χ3v) is 3.15. The molecule has 0 aromatic heterocycles. The van der Waals surface area contributed by atoms with Crippen LogP contribution in [0.4, 0.5) is 14.9 Å². The molecule has 2 aromatic carbocycles. The number of amides is 3. The summed E-state index contributed by atoms with van der Waals surface area (Å²) in [6.07, 6.45) is 0. The number of carbonyl (C=O) groups is 2. The van der Waals surface area contributed by atoms with Crippen molar-refractivity contribution in [3.8, 4) is 5.75 Å². The van der Waals surface area contributed by atoms with Crippen LogP contribution in [0.5, 0.6) is 5.75 Å². The van der Waals surface area contributed by atoms with Gasteiger partial charge < -0.3 is 20.7 Å². The summed E-state index contributed by atoms with van der Waals surface area (Å²) in [6.45, 7) is 0.0769. The van der Waals surface area contributed by atoms with Crippen molar-refractivity contribution in [2.24, 2.45) is 0 Å². The van der Waals surface area contributed by atoms with E-state index in [1.165, 1.54) is 12.1 Å². The van der Waals surface area contributed by atoms with E-state index in [0.29, 0.717) is 11.4 Å². The monoisotopic (exact) mass is 331 g/mol. The van der Waals surface area contributed by atoms with Crippen molar-refractivity contribution >= 4 is 17.6 Å². The summed E-state index contributed by atoms with van der Waals surface area (Å²) in [7, 11) is 1.56. The van der Waals surface area contributed by atoms with E-state index >= 15 is 0 Å². The zero-order valence-electron chi connectivity index (χ0n) is 13.1. The van der Waals surface area contributed by atoms with Crippen LogP contribution in [0.2, 0.25) is 0 Å². The minimum atomic E-state index is -0.482. The molecule has 2 aromatic rings. The Morgan fingerprint density at radius 1 is 1.00 bits per heavy atom. The van der Waals surface area contributed by atoms with Crippen molar-refractivity contribution in [1.82, 2.24) is 10.6 Å². The first-order valence-electron chi connectivity index (χ1n) is 7.27. The predicted octanol–water partition coefficient (Wildman–Crippen LogP) is 2.27. The van der Waals surface area contributed by atoms with Crippen LogP contribution in [0.1, 0.15) is 5.56 Å². The highest BCUT2D eigenvalue weighted by Gasteiger charge is 2.06. The molecule has 2 rings (SSSR count). The Kier molecular flexibility index (Phi) is 6.13. The third kappa shape index (κ3) is 5.60. The molecule has 0 radical (unpaired) electrons. The molecular weight excluding hydrogens is 313 g/mol. The van der Waals surface area contributed by atoms with Gasteiger partial charge >= 0.3 is 6.03 Å². The summed E-state index contributed by atoms with van der Waals surface area (Å²) >= 11 is 0. The molecule has 3 N–H and O–H groups in total. The van der Waals surface area contributed by atoms with Crippen LogP contribution < -0.4 is 20.7 Å². The molecule has 0 bridgehead atoms. The van der Waals surface area contributed by atoms with Gasteiger partial charge in [0.15, 0.2) is 0 Å². The fourth-order valence-electron chi connectivity index (χ4n) is 1.89. The number of hydrogen-bond donors (Lipinski definition) is 3. The molecule has 0 spiro atoms. The van der Waals surface area contributed by atoms with Crippen molar-refractivity contribution in [3.63, 3.8) is 0 Å². The average molecular weight is 331 g/mol. The number of ether oxygens (including phenoxy) is 1. The number of hydrogen-bond acceptors (Lipinski definition) is 3. The number of rotatable bonds is 6. The van der Waals surface area contributed by atoms with E-state index in [2.05, 4.69) is 16.0 Å². The molecule has 0 fully saturated rings. The van der Waals surface area contributed by atoms with Crippen LogP contribution in [0.3, 0.4) is 0 Å². The molecule has 0 saturated carbocycles. The van der Waals surface area contributed by atoms with Crippen LogP contribution in [-0.4, -0.2) is 25.6 Å². The van der Waals surface area contributed by atoms with Crippen LogP contribution >= 0.6 is 0 Å². The van der Waals surface area contributed by atoms with Crippen molar-refractivity contribution in [2.75, 3.05) is 19.0 Å². The minimum absolute atomic E-state index is 0.165. The van der Waals surface area contributed by atoms with Gasteiger partial charge in [-0.25, -0.2) is 9.18 Å². The predicted molar refractivity (Wildman–Crippen MR) is 88.3 cm³/mol. The van der Waals surface area contributed by atoms with Gasteiger partial charge in [-0.3, -0.25) is 4.79 Å². The Labute approximate surface area is 139 Å². The molecule has 3 amide bonds. The highest BCUT2D eigenvalue weighted by molar-refractivity contribution is 5.94. The summed E-state index contributed by atoms with van der Waals surface area (Å²) in [5.41, 5.74) is 1.36. The van der Waals surface area contributed by atoms with E-state index in [-0.39, 0.29) is 24.8 Å². The summed E-state index contributed by atoms with van der Waals surface area (Å²) < 4.78 is 17.8. The Bertz CT molecular complexity index is 687. The number of anilines is 1. The second-order valence-corrected chi connectivity index (χ2v) is 4.94. The molecule has 0 unspecified atom stereocenters. The first-order chi connectivity index (χ1) is 11.6.